The molecule has 0 aliphatic carbocycles. The highest BCUT2D eigenvalue weighted by atomic mass is 32.1. The van der Waals surface area contributed by atoms with Gasteiger partial charge >= 0.3 is 0 Å². The van der Waals surface area contributed by atoms with E-state index in [2.05, 4.69) is 22.5 Å². The van der Waals surface area contributed by atoms with Gasteiger partial charge < -0.3 is 9.64 Å². The van der Waals surface area contributed by atoms with E-state index in [1.54, 1.807) is 6.20 Å². The number of hydrogen-bond acceptors (Lipinski definition) is 4. The Morgan fingerprint density at radius 3 is 2.71 bits per heavy atom. The average molecular weight is 354 g/mol. The number of ether oxygens (including phenoxy) is 1. The lowest BCUT2D eigenvalue weighted by atomic mass is 10.2. The van der Waals surface area contributed by atoms with E-state index < -0.39 is 17.5 Å². The van der Waals surface area contributed by atoms with Gasteiger partial charge in [-0.3, -0.25) is 0 Å². The zero-order valence-corrected chi connectivity index (χ0v) is 13.7. The molecule has 2 atom stereocenters. The summed E-state index contributed by atoms with van der Waals surface area (Å²) >= 11 is 4.52. The van der Waals surface area contributed by atoms with Crippen molar-refractivity contribution in [2.45, 2.75) is 24.3 Å². The number of rotatable bonds is 5. The second-order valence-corrected chi connectivity index (χ2v) is 6.49. The van der Waals surface area contributed by atoms with Crippen LogP contribution in [0.25, 0.3) is 0 Å². The van der Waals surface area contributed by atoms with Crippen LogP contribution in [0.3, 0.4) is 0 Å². The van der Waals surface area contributed by atoms with E-state index in [0.717, 1.165) is 24.8 Å². The molecular formula is C17H17F3N2OS. The number of benzene rings is 1. The molecule has 1 aliphatic rings. The summed E-state index contributed by atoms with van der Waals surface area (Å²) < 4.78 is 45.3. The van der Waals surface area contributed by atoms with Crippen molar-refractivity contribution < 1.29 is 17.9 Å². The molecule has 0 N–H and O–H groups in total. The second-order valence-electron chi connectivity index (χ2n) is 5.76. The van der Waals surface area contributed by atoms with Gasteiger partial charge in [-0.1, -0.05) is 6.07 Å². The fourth-order valence-electron chi connectivity index (χ4n) is 2.83. The van der Waals surface area contributed by atoms with Crippen LogP contribution in [0, 0.1) is 17.5 Å². The molecule has 24 heavy (non-hydrogen) atoms. The number of pyridine rings is 1. The molecule has 1 saturated heterocycles. The van der Waals surface area contributed by atoms with E-state index in [-0.39, 0.29) is 23.5 Å². The lowest BCUT2D eigenvalue weighted by Crippen LogP contribution is -2.33. The van der Waals surface area contributed by atoms with Crippen LogP contribution in [-0.4, -0.2) is 29.4 Å². The maximum absolute atomic E-state index is 13.6. The quantitative estimate of drug-likeness (QED) is 0.656. The van der Waals surface area contributed by atoms with E-state index in [4.69, 9.17) is 4.74 Å². The Hall–Kier alpha value is -1.73. The van der Waals surface area contributed by atoms with Crippen molar-refractivity contribution in [1.82, 2.24) is 4.98 Å². The van der Waals surface area contributed by atoms with Gasteiger partial charge in [-0.15, -0.1) is 0 Å². The van der Waals surface area contributed by atoms with E-state index in [1.165, 1.54) is 0 Å². The van der Waals surface area contributed by atoms with Crippen molar-refractivity contribution >= 4 is 18.4 Å². The van der Waals surface area contributed by atoms with Gasteiger partial charge in [0.2, 0.25) is 0 Å². The molecule has 3 rings (SSSR count). The Morgan fingerprint density at radius 2 is 1.96 bits per heavy atom. The lowest BCUT2D eigenvalue weighted by Gasteiger charge is -2.25. The summed E-state index contributed by atoms with van der Waals surface area (Å²) in [6.45, 7) is 0.951. The van der Waals surface area contributed by atoms with Crippen molar-refractivity contribution in [2.75, 3.05) is 18.1 Å². The monoisotopic (exact) mass is 354 g/mol. The van der Waals surface area contributed by atoms with Crippen LogP contribution in [0.5, 0.6) is 0 Å². The van der Waals surface area contributed by atoms with Crippen LogP contribution >= 0.6 is 12.6 Å². The van der Waals surface area contributed by atoms with Gasteiger partial charge in [0.25, 0.3) is 0 Å². The van der Waals surface area contributed by atoms with E-state index >= 15 is 0 Å². The predicted molar refractivity (Wildman–Crippen MR) is 88.7 cm³/mol. The summed E-state index contributed by atoms with van der Waals surface area (Å²) in [7, 11) is 0. The highest BCUT2D eigenvalue weighted by Gasteiger charge is 2.31. The molecule has 0 saturated carbocycles. The van der Waals surface area contributed by atoms with Crippen LogP contribution < -0.4 is 4.90 Å². The number of hydrogen-bond donors (Lipinski definition) is 1. The molecule has 3 nitrogen and oxygen atoms in total. The molecular weight excluding hydrogens is 337 g/mol. The zero-order chi connectivity index (χ0) is 17.1. The van der Waals surface area contributed by atoms with Gasteiger partial charge in [0, 0.05) is 29.6 Å². The minimum absolute atomic E-state index is 0.00120. The predicted octanol–water partition coefficient (Wildman–Crippen LogP) is 3.59. The summed E-state index contributed by atoms with van der Waals surface area (Å²) in [6, 6.07) is 7.08. The number of aromatic nitrogens is 1. The Balaban J connectivity index is 1.62. The first-order valence-electron chi connectivity index (χ1n) is 7.61. The van der Waals surface area contributed by atoms with Crippen LogP contribution in [-0.2, 0) is 11.3 Å². The molecule has 0 unspecified atom stereocenters. The summed E-state index contributed by atoms with van der Waals surface area (Å²) in [5, 5.41) is 0.195. The molecule has 128 valence electrons. The molecule has 7 heteroatoms. The largest absolute Gasteiger partial charge is 0.375 e. The van der Waals surface area contributed by atoms with E-state index in [0.29, 0.717) is 12.7 Å². The van der Waals surface area contributed by atoms with Crippen LogP contribution in [0.1, 0.15) is 12.0 Å². The molecule has 0 amide bonds. The number of halogens is 3. The van der Waals surface area contributed by atoms with Gasteiger partial charge in [-0.05, 0) is 24.6 Å². The Bertz CT molecular complexity index is 702. The standard InChI is InChI=1S/C17H17F3N2OS/c18-14-7-16(20)15(19)5-11(14)9-23-10-12-6-13(24)8-22(12)17-3-1-2-4-21-17/h1-5,7,12-13,24H,6,8-10H2/t12-,13+/m0/s1. The maximum Gasteiger partial charge on any atom is 0.161 e. The lowest BCUT2D eigenvalue weighted by molar-refractivity contribution is 0.106. The Kier molecular flexibility index (Phi) is 5.30. The van der Waals surface area contributed by atoms with E-state index in [1.807, 2.05) is 18.2 Å². The fraction of sp³-hybridized carbons (Fsp3) is 0.353. The average Bonchev–Trinajstić information content (AvgIpc) is 2.94. The first-order chi connectivity index (χ1) is 11.5. The molecule has 2 aromatic rings. The number of thiol groups is 1. The fourth-order valence-corrected chi connectivity index (χ4v) is 3.25. The Labute approximate surface area is 143 Å². The van der Waals surface area contributed by atoms with E-state index in [9.17, 15) is 13.2 Å². The summed E-state index contributed by atoms with van der Waals surface area (Å²) in [5.74, 6) is -2.26. The SMILES string of the molecule is Fc1cc(F)c(COC[C@@H]2C[C@@H](S)CN2c2ccccn2)cc1F. The third-order valence-electron chi connectivity index (χ3n) is 3.99. The second kappa shape index (κ2) is 7.44. The summed E-state index contributed by atoms with van der Waals surface area (Å²) in [4.78, 5) is 6.43. The first-order valence-corrected chi connectivity index (χ1v) is 8.13. The molecule has 1 aliphatic heterocycles. The van der Waals surface area contributed by atoms with Crippen molar-refractivity contribution in [3.63, 3.8) is 0 Å². The molecule has 0 spiro atoms. The smallest absolute Gasteiger partial charge is 0.161 e. The Morgan fingerprint density at radius 1 is 1.17 bits per heavy atom. The van der Waals surface area contributed by atoms with Crippen LogP contribution in [0.2, 0.25) is 0 Å². The molecule has 1 aromatic heterocycles. The van der Waals surface area contributed by atoms with Gasteiger partial charge in [0.1, 0.15) is 11.6 Å². The van der Waals surface area contributed by atoms with Crippen molar-refractivity contribution in [3.8, 4) is 0 Å². The van der Waals surface area contributed by atoms with Gasteiger partial charge in [0.15, 0.2) is 11.6 Å². The van der Waals surface area contributed by atoms with Crippen molar-refractivity contribution in [3.05, 3.63) is 59.5 Å². The van der Waals surface area contributed by atoms with Crippen molar-refractivity contribution in [2.24, 2.45) is 0 Å². The third-order valence-corrected chi connectivity index (χ3v) is 4.37. The molecule has 2 heterocycles. The minimum atomic E-state index is -1.20. The zero-order valence-electron chi connectivity index (χ0n) is 12.8. The maximum atomic E-state index is 13.6. The molecule has 1 aromatic carbocycles. The van der Waals surface area contributed by atoms with Crippen LogP contribution in [0.4, 0.5) is 19.0 Å². The topological polar surface area (TPSA) is 25.4 Å². The highest BCUT2D eigenvalue weighted by Crippen LogP contribution is 2.27. The number of anilines is 1. The highest BCUT2D eigenvalue weighted by molar-refractivity contribution is 7.81. The van der Waals surface area contributed by atoms with Gasteiger partial charge in [-0.2, -0.15) is 12.6 Å². The van der Waals surface area contributed by atoms with Crippen molar-refractivity contribution in [1.29, 1.82) is 0 Å². The number of nitrogens with zero attached hydrogens (tertiary/aromatic N) is 2. The van der Waals surface area contributed by atoms with Gasteiger partial charge in [-0.25, -0.2) is 18.2 Å². The summed E-state index contributed by atoms with van der Waals surface area (Å²) in [6.07, 6.45) is 2.52. The van der Waals surface area contributed by atoms with Gasteiger partial charge in [0.05, 0.1) is 19.3 Å². The molecule has 0 bridgehead atoms. The summed E-state index contributed by atoms with van der Waals surface area (Å²) in [5.41, 5.74) is -0.00120. The minimum Gasteiger partial charge on any atom is -0.375 e. The third kappa shape index (κ3) is 3.84. The molecule has 1 fully saturated rings. The normalized spacial score (nSPS) is 20.6. The van der Waals surface area contributed by atoms with Crippen LogP contribution in [0.15, 0.2) is 36.5 Å². The first kappa shape index (κ1) is 17.1. The molecule has 0 radical (unpaired) electrons.